The van der Waals surface area contributed by atoms with Crippen molar-refractivity contribution in [3.8, 4) is 0 Å². The van der Waals surface area contributed by atoms with Crippen LogP contribution < -0.4 is 0 Å². The number of rotatable bonds is 5. The molecule has 0 radical (unpaired) electrons. The van der Waals surface area contributed by atoms with Gasteiger partial charge in [-0.2, -0.15) is 0 Å². The number of aromatic nitrogens is 2. The number of benzene rings is 1. The Hall–Kier alpha value is -1.79. The van der Waals surface area contributed by atoms with E-state index in [1.165, 1.54) is 0 Å². The molecule has 0 saturated heterocycles. The van der Waals surface area contributed by atoms with Crippen molar-refractivity contribution in [2.45, 2.75) is 13.2 Å². The standard InChI is InChI=1S/C11H10N2O3S/c14-11(15)10-9(17-13-12-10)7-16-6-8-4-2-1-3-5-8/h1-5H,6-7H2,(H,14,15). The molecule has 1 aromatic heterocycles. The Bertz CT molecular complexity index is 498. The monoisotopic (exact) mass is 250 g/mol. The van der Waals surface area contributed by atoms with Crippen molar-refractivity contribution >= 4 is 17.5 Å². The number of carboxylic acid groups (broad SMARTS) is 1. The van der Waals surface area contributed by atoms with E-state index in [0.29, 0.717) is 11.5 Å². The van der Waals surface area contributed by atoms with Gasteiger partial charge in [0.1, 0.15) is 0 Å². The Labute approximate surface area is 102 Å². The largest absolute Gasteiger partial charge is 0.476 e. The molecule has 5 nitrogen and oxygen atoms in total. The van der Waals surface area contributed by atoms with Gasteiger partial charge < -0.3 is 9.84 Å². The molecule has 1 heterocycles. The average Bonchev–Trinajstić information content (AvgIpc) is 2.79. The van der Waals surface area contributed by atoms with E-state index in [1.54, 1.807) is 0 Å². The molecule has 1 aromatic carbocycles. The summed E-state index contributed by atoms with van der Waals surface area (Å²) in [4.78, 5) is 11.3. The normalized spacial score (nSPS) is 10.4. The van der Waals surface area contributed by atoms with Crippen molar-refractivity contribution in [1.29, 1.82) is 0 Å². The van der Waals surface area contributed by atoms with Crippen molar-refractivity contribution in [2.75, 3.05) is 0 Å². The lowest BCUT2D eigenvalue weighted by molar-refractivity contribution is 0.0679. The minimum absolute atomic E-state index is 0.0249. The second-order valence-corrected chi connectivity index (χ2v) is 4.17. The SMILES string of the molecule is O=C(O)c1nnsc1COCc1ccccc1. The fourth-order valence-corrected chi connectivity index (χ4v) is 1.87. The fourth-order valence-electron chi connectivity index (χ4n) is 1.30. The summed E-state index contributed by atoms with van der Waals surface area (Å²) >= 11 is 1.05. The van der Waals surface area contributed by atoms with Crippen LogP contribution in [-0.2, 0) is 18.0 Å². The highest BCUT2D eigenvalue weighted by Gasteiger charge is 2.14. The summed E-state index contributed by atoms with van der Waals surface area (Å²) in [6, 6.07) is 9.68. The van der Waals surface area contributed by atoms with Crippen LogP contribution in [0.3, 0.4) is 0 Å². The molecular formula is C11H10N2O3S. The van der Waals surface area contributed by atoms with E-state index in [0.717, 1.165) is 17.1 Å². The van der Waals surface area contributed by atoms with Crippen LogP contribution in [0.4, 0.5) is 0 Å². The summed E-state index contributed by atoms with van der Waals surface area (Å²) in [6.07, 6.45) is 0. The maximum atomic E-state index is 10.8. The highest BCUT2D eigenvalue weighted by molar-refractivity contribution is 7.05. The molecule has 17 heavy (non-hydrogen) atoms. The van der Waals surface area contributed by atoms with Gasteiger partial charge in [0.2, 0.25) is 0 Å². The molecule has 0 unspecified atom stereocenters. The molecule has 0 bridgehead atoms. The highest BCUT2D eigenvalue weighted by atomic mass is 32.1. The number of ether oxygens (including phenoxy) is 1. The molecule has 0 aliphatic rings. The van der Waals surface area contributed by atoms with Gasteiger partial charge in [-0.15, -0.1) is 5.10 Å². The van der Waals surface area contributed by atoms with Crippen LogP contribution in [0.5, 0.6) is 0 Å². The second kappa shape index (κ2) is 5.51. The summed E-state index contributed by atoms with van der Waals surface area (Å²) in [5.74, 6) is -1.07. The van der Waals surface area contributed by atoms with Crippen molar-refractivity contribution < 1.29 is 14.6 Å². The predicted octanol–water partition coefficient (Wildman–Crippen LogP) is 1.95. The van der Waals surface area contributed by atoms with Crippen LogP contribution in [0.2, 0.25) is 0 Å². The molecule has 0 aliphatic carbocycles. The van der Waals surface area contributed by atoms with Crippen LogP contribution in [0, 0.1) is 0 Å². The number of carbonyl (C=O) groups is 1. The van der Waals surface area contributed by atoms with E-state index in [4.69, 9.17) is 9.84 Å². The Morgan fingerprint density at radius 2 is 2.06 bits per heavy atom. The first-order valence-corrected chi connectivity index (χ1v) is 5.71. The van der Waals surface area contributed by atoms with E-state index in [1.807, 2.05) is 30.3 Å². The molecule has 0 saturated carbocycles. The molecule has 88 valence electrons. The third kappa shape index (κ3) is 3.08. The van der Waals surface area contributed by atoms with E-state index in [2.05, 4.69) is 9.59 Å². The van der Waals surface area contributed by atoms with Gasteiger partial charge in [-0.1, -0.05) is 34.8 Å². The van der Waals surface area contributed by atoms with Crippen LogP contribution in [0.1, 0.15) is 20.9 Å². The third-order valence-corrected chi connectivity index (χ3v) is 2.80. The van der Waals surface area contributed by atoms with E-state index < -0.39 is 5.97 Å². The number of hydrogen-bond donors (Lipinski definition) is 1. The van der Waals surface area contributed by atoms with Gasteiger partial charge >= 0.3 is 5.97 Å². The lowest BCUT2D eigenvalue weighted by Gasteiger charge is -2.02. The van der Waals surface area contributed by atoms with Gasteiger partial charge in [-0.25, -0.2) is 4.79 Å². The number of nitrogens with zero attached hydrogens (tertiary/aromatic N) is 2. The number of aromatic carboxylic acids is 1. The van der Waals surface area contributed by atoms with Crippen molar-refractivity contribution in [3.05, 3.63) is 46.5 Å². The van der Waals surface area contributed by atoms with Crippen molar-refractivity contribution in [2.24, 2.45) is 0 Å². The summed E-state index contributed by atoms with van der Waals surface area (Å²) in [7, 11) is 0. The smallest absolute Gasteiger partial charge is 0.357 e. The van der Waals surface area contributed by atoms with Gasteiger partial charge in [0.15, 0.2) is 5.69 Å². The molecule has 0 fully saturated rings. The molecule has 2 rings (SSSR count). The van der Waals surface area contributed by atoms with Gasteiger partial charge in [-0.3, -0.25) is 0 Å². The lowest BCUT2D eigenvalue weighted by Crippen LogP contribution is -2.02. The van der Waals surface area contributed by atoms with Crippen molar-refractivity contribution in [3.63, 3.8) is 0 Å². The van der Waals surface area contributed by atoms with Gasteiger partial charge in [0.05, 0.1) is 18.1 Å². The Morgan fingerprint density at radius 1 is 1.29 bits per heavy atom. The summed E-state index contributed by atoms with van der Waals surface area (Å²) in [5, 5.41) is 12.3. The van der Waals surface area contributed by atoms with E-state index in [-0.39, 0.29) is 12.3 Å². The number of hydrogen-bond acceptors (Lipinski definition) is 5. The molecule has 0 amide bonds. The fraction of sp³-hybridized carbons (Fsp3) is 0.182. The molecule has 0 aliphatic heterocycles. The lowest BCUT2D eigenvalue weighted by atomic mass is 10.2. The van der Waals surface area contributed by atoms with Crippen LogP contribution in [0.15, 0.2) is 30.3 Å². The predicted molar refractivity (Wildman–Crippen MR) is 61.8 cm³/mol. The van der Waals surface area contributed by atoms with Gasteiger partial charge in [0, 0.05) is 0 Å². The minimum atomic E-state index is -1.07. The maximum absolute atomic E-state index is 10.8. The first-order chi connectivity index (χ1) is 8.27. The molecule has 2 aromatic rings. The zero-order chi connectivity index (χ0) is 12.1. The molecule has 6 heteroatoms. The zero-order valence-electron chi connectivity index (χ0n) is 8.87. The average molecular weight is 250 g/mol. The minimum Gasteiger partial charge on any atom is -0.476 e. The molecule has 0 atom stereocenters. The van der Waals surface area contributed by atoms with E-state index in [9.17, 15) is 4.79 Å². The quantitative estimate of drug-likeness (QED) is 0.878. The first kappa shape index (κ1) is 11.7. The van der Waals surface area contributed by atoms with Crippen LogP contribution in [-0.4, -0.2) is 20.7 Å². The summed E-state index contributed by atoms with van der Waals surface area (Å²) in [6.45, 7) is 0.659. The first-order valence-electron chi connectivity index (χ1n) is 4.93. The molecular weight excluding hydrogens is 240 g/mol. The Kier molecular flexibility index (Phi) is 3.79. The zero-order valence-corrected chi connectivity index (χ0v) is 9.68. The Morgan fingerprint density at radius 3 is 2.76 bits per heavy atom. The van der Waals surface area contributed by atoms with Crippen molar-refractivity contribution in [1.82, 2.24) is 9.59 Å². The Balaban J connectivity index is 1.90. The third-order valence-electron chi connectivity index (χ3n) is 2.10. The second-order valence-electron chi connectivity index (χ2n) is 3.33. The van der Waals surface area contributed by atoms with Crippen LogP contribution >= 0.6 is 11.5 Å². The molecule has 0 spiro atoms. The topological polar surface area (TPSA) is 72.3 Å². The number of carboxylic acids is 1. The van der Waals surface area contributed by atoms with Gasteiger partial charge in [0.25, 0.3) is 0 Å². The highest BCUT2D eigenvalue weighted by Crippen LogP contribution is 2.13. The van der Waals surface area contributed by atoms with Gasteiger partial charge in [-0.05, 0) is 17.1 Å². The van der Waals surface area contributed by atoms with E-state index >= 15 is 0 Å². The maximum Gasteiger partial charge on any atom is 0.357 e. The molecule has 1 N–H and O–H groups in total. The van der Waals surface area contributed by atoms with Crippen LogP contribution in [0.25, 0.3) is 0 Å². The summed E-state index contributed by atoms with van der Waals surface area (Å²) < 4.78 is 9.02. The summed E-state index contributed by atoms with van der Waals surface area (Å²) in [5.41, 5.74) is 1.02.